The third-order valence-corrected chi connectivity index (χ3v) is 3.53. The topological polar surface area (TPSA) is 49.6 Å². The number of nitrogens with zero attached hydrogens (tertiary/aromatic N) is 2. The molecule has 0 aliphatic heterocycles. The van der Waals surface area contributed by atoms with Crippen LogP contribution in [0.2, 0.25) is 0 Å². The molecule has 1 aromatic carbocycles. The Kier molecular flexibility index (Phi) is 3.68. The number of aryl methyl sites for hydroxylation is 2. The van der Waals surface area contributed by atoms with Gasteiger partial charge in [-0.2, -0.15) is 0 Å². The zero-order valence-corrected chi connectivity index (χ0v) is 11.3. The van der Waals surface area contributed by atoms with E-state index in [1.165, 1.54) is 12.8 Å². The minimum absolute atomic E-state index is 0.412. The number of rotatable bonds is 3. The van der Waals surface area contributed by atoms with E-state index < -0.39 is 0 Å². The normalized spacial score (nSPS) is 14.2. The number of allylic oxidation sites excluding steroid dienone is 1. The van der Waals surface area contributed by atoms with E-state index in [1.54, 1.807) is 12.3 Å². The van der Waals surface area contributed by atoms with E-state index in [0.717, 1.165) is 29.8 Å². The van der Waals surface area contributed by atoms with Gasteiger partial charge in [-0.25, -0.2) is 4.98 Å². The second kappa shape index (κ2) is 5.78. The van der Waals surface area contributed by atoms with Crippen LogP contribution in [0.15, 0.2) is 42.6 Å². The first-order chi connectivity index (χ1) is 9.83. The Hall–Kier alpha value is -2.29. The van der Waals surface area contributed by atoms with Gasteiger partial charge in [0.05, 0.1) is 23.3 Å². The van der Waals surface area contributed by atoms with E-state index >= 15 is 0 Å². The average Bonchev–Trinajstić information content (AvgIpc) is 2.53. The molecule has 2 aromatic rings. The molecule has 0 atom stereocenters. The maximum atomic E-state index is 8.11. The van der Waals surface area contributed by atoms with Gasteiger partial charge in [-0.1, -0.05) is 36.4 Å². The van der Waals surface area contributed by atoms with Gasteiger partial charge in [0.15, 0.2) is 0 Å². The molecule has 0 saturated carbocycles. The molecule has 0 radical (unpaired) electrons. The molecule has 0 unspecified atom stereocenters. The summed E-state index contributed by atoms with van der Waals surface area (Å²) in [6, 6.07) is 9.99. The molecule has 0 saturated heterocycles. The highest BCUT2D eigenvalue weighted by Gasteiger charge is 2.13. The van der Waals surface area contributed by atoms with Gasteiger partial charge in [-0.05, 0) is 37.3 Å². The van der Waals surface area contributed by atoms with Crippen LogP contribution in [0.4, 0.5) is 0 Å². The molecule has 0 amide bonds. The number of hydrogen-bond donors (Lipinski definition) is 1. The molecule has 20 heavy (non-hydrogen) atoms. The van der Waals surface area contributed by atoms with Gasteiger partial charge < -0.3 is 0 Å². The summed E-state index contributed by atoms with van der Waals surface area (Å²) in [6.45, 7) is 0. The highest BCUT2D eigenvalue weighted by Crippen LogP contribution is 2.17. The molecule has 1 aliphatic carbocycles. The van der Waals surface area contributed by atoms with Crippen LogP contribution in [0.3, 0.4) is 0 Å². The molecule has 1 N–H and O–H groups in total. The molecule has 100 valence electrons. The van der Waals surface area contributed by atoms with E-state index in [1.807, 2.05) is 36.4 Å². The van der Waals surface area contributed by atoms with E-state index in [4.69, 9.17) is 5.41 Å². The number of fused-ring (bicyclic) bond motifs is 1. The van der Waals surface area contributed by atoms with Crippen molar-refractivity contribution in [3.63, 3.8) is 0 Å². The van der Waals surface area contributed by atoms with Crippen molar-refractivity contribution < 1.29 is 0 Å². The number of aromatic nitrogens is 2. The zero-order chi connectivity index (χ0) is 13.8. The molecule has 0 spiro atoms. The lowest BCUT2D eigenvalue weighted by molar-refractivity contribution is 0.648. The van der Waals surface area contributed by atoms with E-state index in [2.05, 4.69) is 9.97 Å². The lowest BCUT2D eigenvalue weighted by atomic mass is 10.0. The Balaban J connectivity index is 1.79. The fourth-order valence-electron chi connectivity index (χ4n) is 2.41. The Labute approximate surface area is 118 Å². The Morgan fingerprint density at radius 2 is 1.80 bits per heavy atom. The summed E-state index contributed by atoms with van der Waals surface area (Å²) >= 11 is 0. The highest BCUT2D eigenvalue weighted by atomic mass is 14.8. The van der Waals surface area contributed by atoms with Gasteiger partial charge in [-0.15, -0.1) is 0 Å². The molecule has 3 heteroatoms. The third kappa shape index (κ3) is 2.82. The Bertz CT molecular complexity index is 645. The van der Waals surface area contributed by atoms with Crippen molar-refractivity contribution in [2.45, 2.75) is 25.7 Å². The molecule has 3 rings (SSSR count). The van der Waals surface area contributed by atoms with Crippen LogP contribution in [0.1, 0.15) is 35.5 Å². The van der Waals surface area contributed by atoms with Crippen LogP contribution in [-0.4, -0.2) is 15.7 Å². The summed E-state index contributed by atoms with van der Waals surface area (Å²) < 4.78 is 0. The summed E-state index contributed by atoms with van der Waals surface area (Å²) in [6.07, 6.45) is 9.84. The van der Waals surface area contributed by atoms with Gasteiger partial charge in [0.2, 0.25) is 0 Å². The van der Waals surface area contributed by atoms with Crippen LogP contribution in [0.25, 0.3) is 6.08 Å². The van der Waals surface area contributed by atoms with Crippen molar-refractivity contribution in [3.8, 4) is 0 Å². The molecule has 0 bridgehead atoms. The van der Waals surface area contributed by atoms with Crippen LogP contribution in [-0.2, 0) is 12.8 Å². The maximum Gasteiger partial charge on any atom is 0.107 e. The second-order valence-electron chi connectivity index (χ2n) is 5.01. The quantitative estimate of drug-likeness (QED) is 0.862. The molecule has 1 aromatic heterocycles. The third-order valence-electron chi connectivity index (χ3n) is 3.53. The number of hydrogen-bond acceptors (Lipinski definition) is 3. The zero-order valence-electron chi connectivity index (χ0n) is 11.3. The summed E-state index contributed by atoms with van der Waals surface area (Å²) in [7, 11) is 0. The molecule has 3 nitrogen and oxygen atoms in total. The predicted molar refractivity (Wildman–Crippen MR) is 81.0 cm³/mol. The molecule has 1 aliphatic rings. The lowest BCUT2D eigenvalue weighted by Crippen LogP contribution is -2.11. The summed E-state index contributed by atoms with van der Waals surface area (Å²) in [5.41, 5.74) is 4.35. The maximum absolute atomic E-state index is 8.11. The van der Waals surface area contributed by atoms with Crippen molar-refractivity contribution in [3.05, 3.63) is 65.2 Å². The lowest BCUT2D eigenvalue weighted by Gasteiger charge is -2.13. The average molecular weight is 263 g/mol. The second-order valence-corrected chi connectivity index (χ2v) is 5.01. The Morgan fingerprint density at radius 3 is 2.60 bits per heavy atom. The van der Waals surface area contributed by atoms with Gasteiger partial charge in [0, 0.05) is 0 Å². The first kappa shape index (κ1) is 12.7. The SMILES string of the molecule is N=C(/C=C/c1ccccc1)c1cnc2c(n1)CCCC2. The predicted octanol–water partition coefficient (Wildman–Crippen LogP) is 3.44. The number of benzene rings is 1. The summed E-state index contributed by atoms with van der Waals surface area (Å²) in [5, 5.41) is 8.11. The fourth-order valence-corrected chi connectivity index (χ4v) is 2.41. The standard InChI is InChI=1S/C17H17N3/c18-14(11-10-13-6-2-1-3-7-13)17-12-19-15-8-4-5-9-16(15)20-17/h1-3,6-7,10-12,18H,4-5,8-9H2/b11-10+,18-14?. The monoisotopic (exact) mass is 263 g/mol. The molecule has 0 fully saturated rings. The van der Waals surface area contributed by atoms with Crippen molar-refractivity contribution in [2.75, 3.05) is 0 Å². The summed E-state index contributed by atoms with van der Waals surface area (Å²) in [4.78, 5) is 9.05. The minimum atomic E-state index is 0.412. The first-order valence-corrected chi connectivity index (χ1v) is 7.00. The largest absolute Gasteiger partial charge is 0.299 e. The highest BCUT2D eigenvalue weighted by molar-refractivity contribution is 6.07. The van der Waals surface area contributed by atoms with Crippen molar-refractivity contribution >= 4 is 11.8 Å². The van der Waals surface area contributed by atoms with E-state index in [0.29, 0.717) is 11.4 Å². The van der Waals surface area contributed by atoms with Crippen LogP contribution < -0.4 is 0 Å². The van der Waals surface area contributed by atoms with Crippen molar-refractivity contribution in [1.29, 1.82) is 5.41 Å². The smallest absolute Gasteiger partial charge is 0.107 e. The van der Waals surface area contributed by atoms with Crippen molar-refractivity contribution in [1.82, 2.24) is 9.97 Å². The van der Waals surface area contributed by atoms with Gasteiger partial charge in [0.25, 0.3) is 0 Å². The van der Waals surface area contributed by atoms with Gasteiger partial charge >= 0.3 is 0 Å². The van der Waals surface area contributed by atoms with Crippen LogP contribution in [0, 0.1) is 5.41 Å². The van der Waals surface area contributed by atoms with Crippen LogP contribution in [0.5, 0.6) is 0 Å². The van der Waals surface area contributed by atoms with Gasteiger partial charge in [-0.3, -0.25) is 10.4 Å². The molecular weight excluding hydrogens is 246 g/mol. The Morgan fingerprint density at radius 1 is 1.05 bits per heavy atom. The molecular formula is C17H17N3. The van der Waals surface area contributed by atoms with E-state index in [-0.39, 0.29) is 0 Å². The van der Waals surface area contributed by atoms with Gasteiger partial charge in [0.1, 0.15) is 5.69 Å². The van der Waals surface area contributed by atoms with Crippen LogP contribution >= 0.6 is 0 Å². The fraction of sp³-hybridized carbons (Fsp3) is 0.235. The van der Waals surface area contributed by atoms with E-state index in [9.17, 15) is 0 Å². The summed E-state index contributed by atoms with van der Waals surface area (Å²) in [5.74, 6) is 0. The van der Waals surface area contributed by atoms with Crippen molar-refractivity contribution in [2.24, 2.45) is 0 Å². The molecule has 1 heterocycles. The number of nitrogens with one attached hydrogen (secondary N) is 1. The minimum Gasteiger partial charge on any atom is -0.299 e. The first-order valence-electron chi connectivity index (χ1n) is 7.00.